The molecule has 0 atom stereocenters. The van der Waals surface area contributed by atoms with Crippen molar-refractivity contribution in [2.45, 2.75) is 19.8 Å². The molecular formula is C29H33ClN4O3S. The topological polar surface area (TPSA) is 81.8 Å². The number of sulfonamides is 1. The number of likely N-dealkylation sites (N-methyl/N-ethyl adjacent to an activating group) is 1. The van der Waals surface area contributed by atoms with Gasteiger partial charge in [0.2, 0.25) is 10.0 Å². The number of hydrogen-bond donors (Lipinski definition) is 2. The Balaban J connectivity index is 1.70. The van der Waals surface area contributed by atoms with E-state index in [0.29, 0.717) is 47.2 Å². The maximum atomic E-state index is 13.1. The molecule has 0 saturated carbocycles. The lowest BCUT2D eigenvalue weighted by molar-refractivity contribution is -0.110. The SMILES string of the molecule is CCCCS(=O)(=O)N(CCN(C)C)c1ccc(NC(=C2C(=O)Nc3cc(Cl)ccc32)c2ccccc2)cc1. The van der Waals surface area contributed by atoms with E-state index in [1.807, 2.05) is 74.4 Å². The number of carbonyl (C=O) groups is 1. The standard InChI is InChI=1S/C29H33ClN4O3S/c1-4-5-19-38(36,37)34(18-17-33(2)3)24-14-12-23(13-15-24)31-28(21-9-7-6-8-10-21)27-25-16-11-22(30)20-26(25)32-29(27)35/h6-16,20,31H,4-5,17-19H2,1-3H3,(H,32,35). The first kappa shape index (κ1) is 27.7. The number of halogens is 1. The highest BCUT2D eigenvalue weighted by molar-refractivity contribution is 7.92. The van der Waals surface area contributed by atoms with Gasteiger partial charge in [-0.3, -0.25) is 9.10 Å². The highest BCUT2D eigenvalue weighted by Crippen LogP contribution is 2.39. The molecule has 1 heterocycles. The molecule has 0 saturated heterocycles. The Hall–Kier alpha value is -3.33. The fraction of sp³-hybridized carbons (Fsp3) is 0.276. The smallest absolute Gasteiger partial charge is 0.258 e. The molecule has 2 N–H and O–H groups in total. The Kier molecular flexibility index (Phi) is 8.76. The number of amides is 1. The van der Waals surface area contributed by atoms with Crippen LogP contribution in [0, 0.1) is 0 Å². The lowest BCUT2D eigenvalue weighted by Gasteiger charge is -2.26. The van der Waals surface area contributed by atoms with Crippen molar-refractivity contribution in [3.05, 3.63) is 88.9 Å². The van der Waals surface area contributed by atoms with Gasteiger partial charge in [0.25, 0.3) is 5.91 Å². The van der Waals surface area contributed by atoms with Crippen molar-refractivity contribution in [2.75, 3.05) is 47.9 Å². The summed E-state index contributed by atoms with van der Waals surface area (Å²) in [5.74, 6) is -0.109. The van der Waals surface area contributed by atoms with E-state index in [2.05, 4.69) is 10.6 Å². The molecule has 0 aromatic heterocycles. The second-order valence-corrected chi connectivity index (χ2v) is 11.9. The van der Waals surface area contributed by atoms with Crippen molar-refractivity contribution in [3.63, 3.8) is 0 Å². The number of benzene rings is 3. The van der Waals surface area contributed by atoms with E-state index in [-0.39, 0.29) is 11.7 Å². The van der Waals surface area contributed by atoms with Gasteiger partial charge in [0.05, 0.1) is 28.4 Å². The van der Waals surface area contributed by atoms with Crippen LogP contribution < -0.4 is 14.9 Å². The zero-order chi connectivity index (χ0) is 27.3. The van der Waals surface area contributed by atoms with Gasteiger partial charge in [-0.15, -0.1) is 0 Å². The molecule has 9 heteroatoms. The van der Waals surface area contributed by atoms with Crippen molar-refractivity contribution in [2.24, 2.45) is 0 Å². The third-order valence-corrected chi connectivity index (χ3v) is 8.41. The first-order valence-corrected chi connectivity index (χ1v) is 14.6. The Morgan fingerprint density at radius 2 is 1.68 bits per heavy atom. The van der Waals surface area contributed by atoms with Crippen LogP contribution in [0.5, 0.6) is 0 Å². The van der Waals surface area contributed by atoms with Crippen LogP contribution in [0.4, 0.5) is 17.1 Å². The molecule has 0 spiro atoms. The number of unbranched alkanes of at least 4 members (excludes halogenated alkanes) is 1. The van der Waals surface area contributed by atoms with Crippen LogP contribution in [-0.4, -0.2) is 52.2 Å². The van der Waals surface area contributed by atoms with Crippen molar-refractivity contribution >= 4 is 55.9 Å². The zero-order valence-corrected chi connectivity index (χ0v) is 23.4. The summed E-state index contributed by atoms with van der Waals surface area (Å²) in [5, 5.41) is 6.87. The van der Waals surface area contributed by atoms with Crippen molar-refractivity contribution in [3.8, 4) is 0 Å². The van der Waals surface area contributed by atoms with Crippen molar-refractivity contribution in [1.82, 2.24) is 4.90 Å². The minimum atomic E-state index is -3.46. The fourth-order valence-corrected chi connectivity index (χ4v) is 6.14. The summed E-state index contributed by atoms with van der Waals surface area (Å²) < 4.78 is 27.8. The zero-order valence-electron chi connectivity index (χ0n) is 21.9. The molecule has 0 radical (unpaired) electrons. The first-order chi connectivity index (χ1) is 18.2. The molecule has 0 fully saturated rings. The molecule has 0 unspecified atom stereocenters. The second-order valence-electron chi connectivity index (χ2n) is 9.48. The van der Waals surface area contributed by atoms with Gasteiger partial charge in [-0.2, -0.15) is 0 Å². The van der Waals surface area contributed by atoms with E-state index in [1.165, 1.54) is 4.31 Å². The van der Waals surface area contributed by atoms with Crippen LogP contribution in [0.15, 0.2) is 72.8 Å². The lowest BCUT2D eigenvalue weighted by atomic mass is 10.00. The monoisotopic (exact) mass is 552 g/mol. The molecule has 200 valence electrons. The number of carbonyl (C=O) groups excluding carboxylic acids is 1. The van der Waals surface area contributed by atoms with Crippen LogP contribution in [0.25, 0.3) is 11.3 Å². The highest BCUT2D eigenvalue weighted by atomic mass is 35.5. The Morgan fingerprint density at radius 1 is 0.974 bits per heavy atom. The molecule has 1 aliphatic rings. The number of hydrogen-bond acceptors (Lipinski definition) is 5. The van der Waals surface area contributed by atoms with Gasteiger partial charge in [-0.1, -0.05) is 61.3 Å². The third-order valence-electron chi connectivity index (χ3n) is 6.31. The Labute approximate surface area is 230 Å². The molecule has 3 aromatic rings. The van der Waals surface area contributed by atoms with Crippen molar-refractivity contribution < 1.29 is 13.2 Å². The highest BCUT2D eigenvalue weighted by Gasteiger charge is 2.29. The molecule has 7 nitrogen and oxygen atoms in total. The maximum absolute atomic E-state index is 13.1. The van der Waals surface area contributed by atoms with Gasteiger partial charge in [0.1, 0.15) is 0 Å². The molecule has 38 heavy (non-hydrogen) atoms. The van der Waals surface area contributed by atoms with Gasteiger partial charge in [0.15, 0.2) is 0 Å². The van der Waals surface area contributed by atoms with Crippen molar-refractivity contribution in [1.29, 1.82) is 0 Å². The number of nitrogens with one attached hydrogen (secondary N) is 2. The second kappa shape index (κ2) is 12.0. The molecule has 0 aliphatic carbocycles. The largest absolute Gasteiger partial charge is 0.354 e. The van der Waals surface area contributed by atoms with Gasteiger partial charge in [0, 0.05) is 29.4 Å². The van der Waals surface area contributed by atoms with E-state index in [1.54, 1.807) is 24.3 Å². The summed E-state index contributed by atoms with van der Waals surface area (Å²) in [6.45, 7) is 2.95. The van der Waals surface area contributed by atoms with E-state index in [9.17, 15) is 13.2 Å². The number of fused-ring (bicyclic) bond motifs is 1. The number of rotatable bonds is 11. The first-order valence-electron chi connectivity index (χ1n) is 12.6. The molecule has 1 amide bonds. The number of anilines is 3. The van der Waals surface area contributed by atoms with Crippen LogP contribution in [0.2, 0.25) is 5.02 Å². The van der Waals surface area contributed by atoms with Crippen LogP contribution >= 0.6 is 11.6 Å². The Morgan fingerprint density at radius 3 is 2.34 bits per heavy atom. The molecule has 0 bridgehead atoms. The van der Waals surface area contributed by atoms with Gasteiger partial charge in [-0.05, 0) is 62.5 Å². The minimum absolute atomic E-state index is 0.111. The van der Waals surface area contributed by atoms with Gasteiger partial charge in [-0.25, -0.2) is 8.42 Å². The number of nitrogens with zero attached hydrogens (tertiary/aromatic N) is 2. The fourth-order valence-electron chi connectivity index (χ4n) is 4.29. The quantitative estimate of drug-likeness (QED) is 0.295. The van der Waals surface area contributed by atoms with Crippen LogP contribution in [0.1, 0.15) is 30.9 Å². The third kappa shape index (κ3) is 6.38. The molecule has 1 aliphatic heterocycles. The summed E-state index contributed by atoms with van der Waals surface area (Å²) in [4.78, 5) is 15.1. The minimum Gasteiger partial charge on any atom is -0.354 e. The van der Waals surface area contributed by atoms with E-state index in [4.69, 9.17) is 11.6 Å². The van der Waals surface area contributed by atoms with Crippen LogP contribution in [0.3, 0.4) is 0 Å². The summed E-state index contributed by atoms with van der Waals surface area (Å²) in [7, 11) is 0.392. The molecule has 4 rings (SSSR count). The van der Waals surface area contributed by atoms with E-state index >= 15 is 0 Å². The molecular weight excluding hydrogens is 520 g/mol. The molecule has 3 aromatic carbocycles. The van der Waals surface area contributed by atoms with Gasteiger partial charge < -0.3 is 15.5 Å². The normalized spacial score (nSPS) is 14.3. The van der Waals surface area contributed by atoms with Gasteiger partial charge >= 0.3 is 0 Å². The Bertz CT molecular complexity index is 1420. The predicted molar refractivity (Wildman–Crippen MR) is 158 cm³/mol. The predicted octanol–water partition coefficient (Wildman–Crippen LogP) is 5.77. The average molecular weight is 553 g/mol. The summed E-state index contributed by atoms with van der Waals surface area (Å²) in [5.41, 5.74) is 4.78. The lowest BCUT2D eigenvalue weighted by Crippen LogP contribution is -2.38. The van der Waals surface area contributed by atoms with E-state index in [0.717, 1.165) is 23.2 Å². The summed E-state index contributed by atoms with van der Waals surface area (Å²) >= 11 is 6.15. The summed E-state index contributed by atoms with van der Waals surface area (Å²) in [6, 6.07) is 22.3. The van der Waals surface area contributed by atoms with E-state index < -0.39 is 10.0 Å². The van der Waals surface area contributed by atoms with Crippen LogP contribution in [-0.2, 0) is 14.8 Å². The average Bonchev–Trinajstić information content (AvgIpc) is 3.21. The maximum Gasteiger partial charge on any atom is 0.258 e. The summed E-state index contributed by atoms with van der Waals surface area (Å²) in [6.07, 6.45) is 1.42.